The molecule has 1 N–H and O–H groups in total. The van der Waals surface area contributed by atoms with E-state index in [1.165, 1.54) is 0 Å². The molecule has 1 aliphatic rings. The Morgan fingerprint density at radius 2 is 1.94 bits per heavy atom. The Kier molecular flexibility index (Phi) is 7.99. The summed E-state index contributed by atoms with van der Waals surface area (Å²) in [5.41, 5.74) is 1.08. The minimum absolute atomic E-state index is 0.0825. The van der Waals surface area contributed by atoms with Gasteiger partial charge in [-0.05, 0) is 56.4 Å². The minimum atomic E-state index is -0.184. The molecule has 0 aliphatic heterocycles. The molecule has 31 heavy (non-hydrogen) atoms. The first kappa shape index (κ1) is 23.2. The third kappa shape index (κ3) is 6.02. The molecular formula is C25H37N3O3. The van der Waals surface area contributed by atoms with Crippen LogP contribution in [-0.2, 0) is 17.9 Å². The highest BCUT2D eigenvalue weighted by Gasteiger charge is 2.27. The fraction of sp³-hybridized carbons (Fsp3) is 0.600. The molecule has 2 amide bonds. The third-order valence-corrected chi connectivity index (χ3v) is 6.36. The number of rotatable bonds is 10. The van der Waals surface area contributed by atoms with Crippen molar-refractivity contribution in [2.75, 3.05) is 6.54 Å². The lowest BCUT2D eigenvalue weighted by Gasteiger charge is -2.26. The molecule has 0 radical (unpaired) electrons. The highest BCUT2D eigenvalue weighted by molar-refractivity contribution is 5.91. The summed E-state index contributed by atoms with van der Waals surface area (Å²) in [6.45, 7) is 10.2. The first-order chi connectivity index (χ1) is 14.9. The van der Waals surface area contributed by atoms with E-state index in [2.05, 4.69) is 36.7 Å². The van der Waals surface area contributed by atoms with Gasteiger partial charge >= 0.3 is 0 Å². The van der Waals surface area contributed by atoms with Crippen molar-refractivity contribution in [1.82, 2.24) is 14.8 Å². The van der Waals surface area contributed by atoms with Crippen molar-refractivity contribution in [3.8, 4) is 0 Å². The van der Waals surface area contributed by atoms with E-state index >= 15 is 0 Å². The van der Waals surface area contributed by atoms with Crippen molar-refractivity contribution < 1.29 is 14.0 Å². The summed E-state index contributed by atoms with van der Waals surface area (Å²) in [5, 5.41) is 2.97. The Morgan fingerprint density at radius 1 is 1.19 bits per heavy atom. The monoisotopic (exact) mass is 427 g/mol. The summed E-state index contributed by atoms with van der Waals surface area (Å²) < 4.78 is 7.92. The maximum Gasteiger partial charge on any atom is 0.287 e. The van der Waals surface area contributed by atoms with Gasteiger partial charge in [-0.3, -0.25) is 9.59 Å². The first-order valence-corrected chi connectivity index (χ1v) is 11.7. The number of hydrogen-bond acceptors (Lipinski definition) is 3. The van der Waals surface area contributed by atoms with Crippen LogP contribution in [0.5, 0.6) is 0 Å². The molecule has 0 spiro atoms. The van der Waals surface area contributed by atoms with Crippen LogP contribution < -0.4 is 5.32 Å². The second-order valence-electron chi connectivity index (χ2n) is 9.14. The Morgan fingerprint density at radius 3 is 2.61 bits per heavy atom. The van der Waals surface area contributed by atoms with Gasteiger partial charge in [-0.2, -0.15) is 0 Å². The largest absolute Gasteiger partial charge is 0.454 e. The van der Waals surface area contributed by atoms with Gasteiger partial charge in [-0.1, -0.05) is 33.6 Å². The van der Waals surface area contributed by atoms with Gasteiger partial charge in [0.2, 0.25) is 5.91 Å². The van der Waals surface area contributed by atoms with Gasteiger partial charge in [0.15, 0.2) is 5.76 Å². The molecule has 0 aromatic carbocycles. The second-order valence-corrected chi connectivity index (χ2v) is 9.14. The lowest BCUT2D eigenvalue weighted by atomic mass is 10.1. The number of nitrogens with one attached hydrogen (secondary N) is 1. The number of nitrogens with zero attached hydrogens (tertiary/aromatic N) is 2. The zero-order valence-corrected chi connectivity index (χ0v) is 19.4. The zero-order chi connectivity index (χ0) is 22.4. The van der Waals surface area contributed by atoms with E-state index in [0.29, 0.717) is 30.7 Å². The standard InChI is InChI=1S/C25H37N3O3/c1-5-14-28(25(30)20-9-6-7-10-20)16-21-11-8-15-27(21)17-22-12-13-23(31-22)24(29)26-19(4)18(2)3/h8,11-13,15,18-20H,5-7,9-10,14,16-17H2,1-4H3,(H,26,29)/t19-/m1/s1. The van der Waals surface area contributed by atoms with Crippen LogP contribution in [0.1, 0.15) is 81.8 Å². The van der Waals surface area contributed by atoms with Gasteiger partial charge in [0.1, 0.15) is 5.76 Å². The van der Waals surface area contributed by atoms with Crippen molar-refractivity contribution in [3.05, 3.63) is 47.7 Å². The number of carbonyl (C=O) groups excluding carboxylic acids is 2. The molecule has 2 aromatic rings. The van der Waals surface area contributed by atoms with Crippen molar-refractivity contribution in [2.45, 2.75) is 78.9 Å². The zero-order valence-electron chi connectivity index (χ0n) is 19.4. The fourth-order valence-corrected chi connectivity index (χ4v) is 4.11. The van der Waals surface area contributed by atoms with Crippen LogP contribution in [-0.4, -0.2) is 33.9 Å². The molecule has 1 aliphatic carbocycles. The predicted octanol–water partition coefficient (Wildman–Crippen LogP) is 4.83. The summed E-state index contributed by atoms with van der Waals surface area (Å²) in [6, 6.07) is 7.73. The van der Waals surface area contributed by atoms with E-state index < -0.39 is 0 Å². The van der Waals surface area contributed by atoms with E-state index in [1.54, 1.807) is 6.07 Å². The quantitative estimate of drug-likeness (QED) is 0.590. The number of furan rings is 1. The Balaban J connectivity index is 1.65. The van der Waals surface area contributed by atoms with Crippen LogP contribution >= 0.6 is 0 Å². The molecule has 0 unspecified atom stereocenters. The maximum absolute atomic E-state index is 13.0. The Labute approximate surface area is 186 Å². The molecule has 3 rings (SSSR count). The lowest BCUT2D eigenvalue weighted by molar-refractivity contribution is -0.136. The van der Waals surface area contributed by atoms with Gasteiger partial charge in [0.25, 0.3) is 5.91 Å². The molecule has 0 bridgehead atoms. The SMILES string of the molecule is CCCN(Cc1cccn1Cc1ccc(C(=O)N[C@H](C)C(C)C)o1)C(=O)C1CCCC1. The molecule has 2 heterocycles. The molecular weight excluding hydrogens is 390 g/mol. The van der Waals surface area contributed by atoms with Gasteiger partial charge in [0, 0.05) is 30.4 Å². The summed E-state index contributed by atoms with van der Waals surface area (Å²) in [4.78, 5) is 27.4. The van der Waals surface area contributed by atoms with Crippen molar-refractivity contribution in [3.63, 3.8) is 0 Å². The average molecular weight is 428 g/mol. The Hall–Kier alpha value is -2.50. The Bertz CT molecular complexity index is 861. The van der Waals surface area contributed by atoms with Crippen LogP contribution in [0.2, 0.25) is 0 Å². The van der Waals surface area contributed by atoms with Crippen LogP contribution in [0.15, 0.2) is 34.9 Å². The minimum Gasteiger partial charge on any atom is -0.454 e. The predicted molar refractivity (Wildman–Crippen MR) is 122 cm³/mol. The fourth-order valence-electron chi connectivity index (χ4n) is 4.11. The van der Waals surface area contributed by atoms with E-state index in [4.69, 9.17) is 4.42 Å². The average Bonchev–Trinajstić information content (AvgIpc) is 3.50. The summed E-state index contributed by atoms with van der Waals surface area (Å²) in [6.07, 6.45) is 7.32. The van der Waals surface area contributed by atoms with Gasteiger partial charge in [-0.25, -0.2) is 0 Å². The highest BCUT2D eigenvalue weighted by Crippen LogP contribution is 2.27. The van der Waals surface area contributed by atoms with Crippen LogP contribution in [0.4, 0.5) is 0 Å². The van der Waals surface area contributed by atoms with E-state index in [1.807, 2.05) is 30.2 Å². The maximum atomic E-state index is 13.0. The van der Waals surface area contributed by atoms with Gasteiger partial charge in [0.05, 0.1) is 13.1 Å². The summed E-state index contributed by atoms with van der Waals surface area (Å²) in [5.74, 6) is 1.72. The number of amides is 2. The highest BCUT2D eigenvalue weighted by atomic mass is 16.4. The first-order valence-electron chi connectivity index (χ1n) is 11.7. The molecule has 1 fully saturated rings. The number of hydrogen-bond donors (Lipinski definition) is 1. The van der Waals surface area contributed by atoms with Crippen LogP contribution in [0.3, 0.4) is 0 Å². The van der Waals surface area contributed by atoms with Crippen molar-refractivity contribution >= 4 is 11.8 Å². The smallest absolute Gasteiger partial charge is 0.287 e. The third-order valence-electron chi connectivity index (χ3n) is 6.36. The molecule has 1 saturated carbocycles. The number of aromatic nitrogens is 1. The lowest BCUT2D eigenvalue weighted by Crippen LogP contribution is -2.36. The van der Waals surface area contributed by atoms with Crippen molar-refractivity contribution in [1.29, 1.82) is 0 Å². The van der Waals surface area contributed by atoms with Crippen LogP contribution in [0, 0.1) is 11.8 Å². The van der Waals surface area contributed by atoms with Gasteiger partial charge in [-0.15, -0.1) is 0 Å². The van der Waals surface area contributed by atoms with Crippen LogP contribution in [0.25, 0.3) is 0 Å². The van der Waals surface area contributed by atoms with Gasteiger partial charge < -0.3 is 19.2 Å². The molecule has 1 atom stereocenters. The second kappa shape index (κ2) is 10.7. The molecule has 170 valence electrons. The van der Waals surface area contributed by atoms with E-state index in [-0.39, 0.29) is 17.9 Å². The normalized spacial score (nSPS) is 15.4. The van der Waals surface area contributed by atoms with E-state index in [9.17, 15) is 9.59 Å². The molecule has 0 saturated heterocycles. The van der Waals surface area contributed by atoms with Crippen molar-refractivity contribution in [2.24, 2.45) is 11.8 Å². The topological polar surface area (TPSA) is 67.5 Å². The molecule has 6 nitrogen and oxygen atoms in total. The summed E-state index contributed by atoms with van der Waals surface area (Å²) in [7, 11) is 0. The summed E-state index contributed by atoms with van der Waals surface area (Å²) >= 11 is 0. The number of carbonyl (C=O) groups is 2. The molecule has 6 heteroatoms. The van der Waals surface area contributed by atoms with E-state index in [0.717, 1.165) is 50.1 Å². The molecule has 2 aromatic heterocycles.